The molecule has 0 aromatic heterocycles. The van der Waals surface area contributed by atoms with Crippen molar-refractivity contribution in [2.75, 3.05) is 0 Å². The van der Waals surface area contributed by atoms with Crippen molar-refractivity contribution in [2.45, 2.75) is 51.9 Å². The fourth-order valence-corrected chi connectivity index (χ4v) is 3.40. The fraction of sp³-hybridized carbons (Fsp3) is 0.409. The van der Waals surface area contributed by atoms with Gasteiger partial charge in [-0.25, -0.2) is 0 Å². The Morgan fingerprint density at radius 2 is 1.65 bits per heavy atom. The lowest BCUT2D eigenvalue weighted by Crippen LogP contribution is -2.09. The third-order valence-electron chi connectivity index (χ3n) is 4.98. The number of benzene rings is 2. The quantitative estimate of drug-likeness (QED) is 0.627. The van der Waals surface area contributed by atoms with E-state index in [1.807, 2.05) is 6.07 Å². The van der Waals surface area contributed by atoms with Gasteiger partial charge in [0.25, 0.3) is 0 Å². The molecule has 0 saturated heterocycles. The molecule has 0 spiro atoms. The smallest absolute Gasteiger partial charge is 0.166 e. The second kappa shape index (κ2) is 6.31. The zero-order valence-corrected chi connectivity index (χ0v) is 14.5. The van der Waals surface area contributed by atoms with Gasteiger partial charge in [-0.3, -0.25) is 4.79 Å². The van der Waals surface area contributed by atoms with Crippen LogP contribution in [0.15, 0.2) is 48.5 Å². The lowest BCUT2D eigenvalue weighted by atomic mass is 9.88. The van der Waals surface area contributed by atoms with E-state index in [0.717, 1.165) is 12.0 Å². The van der Waals surface area contributed by atoms with E-state index in [0.29, 0.717) is 23.5 Å². The summed E-state index contributed by atoms with van der Waals surface area (Å²) in [6.45, 7) is 8.76. The van der Waals surface area contributed by atoms with Crippen molar-refractivity contribution in [3.63, 3.8) is 0 Å². The lowest BCUT2D eigenvalue weighted by molar-refractivity contribution is 0.0964. The van der Waals surface area contributed by atoms with E-state index in [-0.39, 0.29) is 5.92 Å². The minimum Gasteiger partial charge on any atom is -0.294 e. The second-order valence-electron chi connectivity index (χ2n) is 7.38. The Hall–Kier alpha value is -1.89. The van der Waals surface area contributed by atoms with E-state index in [9.17, 15) is 4.79 Å². The first-order valence-corrected chi connectivity index (χ1v) is 8.72. The third-order valence-corrected chi connectivity index (χ3v) is 4.98. The van der Waals surface area contributed by atoms with E-state index in [4.69, 9.17) is 0 Å². The molecule has 0 aliphatic heterocycles. The zero-order chi connectivity index (χ0) is 16.6. The van der Waals surface area contributed by atoms with Crippen LogP contribution < -0.4 is 0 Å². The number of carbonyl (C=O) groups is 1. The first kappa shape index (κ1) is 16.0. The summed E-state index contributed by atoms with van der Waals surface area (Å²) < 4.78 is 0. The van der Waals surface area contributed by atoms with Crippen LogP contribution in [0.25, 0.3) is 0 Å². The largest absolute Gasteiger partial charge is 0.294 e. The number of ketones is 1. The van der Waals surface area contributed by atoms with Crippen molar-refractivity contribution >= 4 is 5.78 Å². The molecule has 0 radical (unpaired) electrons. The normalized spacial score (nSPS) is 20.1. The van der Waals surface area contributed by atoms with E-state index >= 15 is 0 Å². The van der Waals surface area contributed by atoms with Crippen LogP contribution in [-0.4, -0.2) is 5.78 Å². The van der Waals surface area contributed by atoms with Crippen LogP contribution in [0.3, 0.4) is 0 Å². The van der Waals surface area contributed by atoms with Gasteiger partial charge in [0.05, 0.1) is 0 Å². The summed E-state index contributed by atoms with van der Waals surface area (Å²) in [6, 6.07) is 16.9. The SMILES string of the molecule is CC(C)c1ccc(C(=O)[C@@H]2C[C@H]2c2ccccc2)c(C(C)C)c1. The average Bonchev–Trinajstić information content (AvgIpc) is 3.35. The Labute approximate surface area is 139 Å². The maximum absolute atomic E-state index is 13.0. The van der Waals surface area contributed by atoms with Gasteiger partial charge in [-0.05, 0) is 40.9 Å². The maximum Gasteiger partial charge on any atom is 0.166 e. The van der Waals surface area contributed by atoms with Crippen LogP contribution in [0, 0.1) is 5.92 Å². The minimum absolute atomic E-state index is 0.166. The van der Waals surface area contributed by atoms with Crippen LogP contribution in [0.2, 0.25) is 0 Å². The average molecular weight is 306 g/mol. The zero-order valence-electron chi connectivity index (χ0n) is 14.5. The summed E-state index contributed by atoms with van der Waals surface area (Å²) >= 11 is 0. The Bertz CT molecular complexity index is 697. The molecule has 0 N–H and O–H groups in total. The van der Waals surface area contributed by atoms with Crippen LogP contribution in [-0.2, 0) is 0 Å². The van der Waals surface area contributed by atoms with E-state index in [2.05, 4.69) is 70.2 Å². The van der Waals surface area contributed by atoms with Gasteiger partial charge < -0.3 is 0 Å². The number of hydrogen-bond acceptors (Lipinski definition) is 1. The van der Waals surface area contributed by atoms with Gasteiger partial charge in [0.15, 0.2) is 5.78 Å². The molecule has 0 unspecified atom stereocenters. The van der Waals surface area contributed by atoms with Gasteiger partial charge in [0.1, 0.15) is 0 Å². The highest BCUT2D eigenvalue weighted by molar-refractivity contribution is 6.01. The third kappa shape index (κ3) is 3.24. The van der Waals surface area contributed by atoms with E-state index < -0.39 is 0 Å². The molecule has 2 aromatic rings. The van der Waals surface area contributed by atoms with Crippen LogP contribution in [0.5, 0.6) is 0 Å². The lowest BCUT2D eigenvalue weighted by Gasteiger charge is -2.16. The van der Waals surface area contributed by atoms with Gasteiger partial charge in [0, 0.05) is 11.5 Å². The summed E-state index contributed by atoms with van der Waals surface area (Å²) in [4.78, 5) is 13.0. The van der Waals surface area contributed by atoms with Crippen molar-refractivity contribution in [3.8, 4) is 0 Å². The highest BCUT2D eigenvalue weighted by Crippen LogP contribution is 2.49. The molecule has 1 fully saturated rings. The summed E-state index contributed by atoms with van der Waals surface area (Å²) in [5, 5.41) is 0. The summed E-state index contributed by atoms with van der Waals surface area (Å²) in [5.74, 6) is 1.78. The molecule has 0 bridgehead atoms. The highest BCUT2D eigenvalue weighted by atomic mass is 16.1. The predicted octanol–water partition coefficient (Wildman–Crippen LogP) is 5.92. The molecular formula is C22H26O. The van der Waals surface area contributed by atoms with Gasteiger partial charge in [-0.15, -0.1) is 0 Å². The van der Waals surface area contributed by atoms with Gasteiger partial charge in [0.2, 0.25) is 0 Å². The summed E-state index contributed by atoms with van der Waals surface area (Å²) in [7, 11) is 0. The van der Waals surface area contributed by atoms with Gasteiger partial charge >= 0.3 is 0 Å². The molecule has 1 nitrogen and oxygen atoms in total. The fourth-order valence-electron chi connectivity index (χ4n) is 3.40. The molecule has 1 heteroatoms. The van der Waals surface area contributed by atoms with Crippen LogP contribution >= 0.6 is 0 Å². The first-order chi connectivity index (χ1) is 11.0. The van der Waals surface area contributed by atoms with Crippen LogP contribution in [0.4, 0.5) is 0 Å². The van der Waals surface area contributed by atoms with Crippen molar-refractivity contribution < 1.29 is 4.79 Å². The van der Waals surface area contributed by atoms with Gasteiger partial charge in [-0.2, -0.15) is 0 Å². The standard InChI is InChI=1S/C22H26O/c1-14(2)17-10-11-18(19(12-17)15(3)4)22(23)21-13-20(21)16-8-6-5-7-9-16/h5-12,14-15,20-21H,13H2,1-4H3/t20-,21+/m0/s1. The summed E-state index contributed by atoms with van der Waals surface area (Å²) in [5.41, 5.74) is 4.77. The van der Waals surface area contributed by atoms with Crippen molar-refractivity contribution in [1.29, 1.82) is 0 Å². The second-order valence-corrected chi connectivity index (χ2v) is 7.38. The molecule has 1 aliphatic rings. The van der Waals surface area contributed by atoms with Crippen molar-refractivity contribution in [2.24, 2.45) is 5.92 Å². The van der Waals surface area contributed by atoms with Crippen LogP contribution in [0.1, 0.15) is 78.9 Å². The van der Waals surface area contributed by atoms with E-state index in [1.165, 1.54) is 16.7 Å². The number of carbonyl (C=O) groups excluding carboxylic acids is 1. The maximum atomic E-state index is 13.0. The molecule has 120 valence electrons. The molecule has 2 aromatic carbocycles. The molecule has 23 heavy (non-hydrogen) atoms. The number of Topliss-reactive ketones (excluding diaryl/α,β-unsaturated/α-hetero) is 1. The predicted molar refractivity (Wildman–Crippen MR) is 96.2 cm³/mol. The number of rotatable bonds is 5. The Kier molecular flexibility index (Phi) is 4.39. The van der Waals surface area contributed by atoms with Gasteiger partial charge in [-0.1, -0.05) is 76.2 Å². The van der Waals surface area contributed by atoms with E-state index in [1.54, 1.807) is 0 Å². The molecule has 3 rings (SSSR count). The molecule has 0 amide bonds. The molecule has 2 atom stereocenters. The van der Waals surface area contributed by atoms with Crippen molar-refractivity contribution in [3.05, 3.63) is 70.8 Å². The Balaban J connectivity index is 1.86. The number of hydrogen-bond donors (Lipinski definition) is 0. The topological polar surface area (TPSA) is 17.1 Å². The Morgan fingerprint density at radius 3 is 2.26 bits per heavy atom. The molecule has 1 saturated carbocycles. The molecular weight excluding hydrogens is 280 g/mol. The first-order valence-electron chi connectivity index (χ1n) is 8.72. The minimum atomic E-state index is 0.166. The Morgan fingerprint density at radius 1 is 0.957 bits per heavy atom. The molecule has 1 aliphatic carbocycles. The van der Waals surface area contributed by atoms with Crippen molar-refractivity contribution in [1.82, 2.24) is 0 Å². The highest BCUT2D eigenvalue weighted by Gasteiger charge is 2.44. The summed E-state index contributed by atoms with van der Waals surface area (Å²) in [6.07, 6.45) is 0.992. The molecule has 0 heterocycles. The monoisotopic (exact) mass is 306 g/mol.